The minimum Gasteiger partial charge on any atom is -0.504 e. The van der Waals surface area contributed by atoms with Gasteiger partial charge >= 0.3 is 0 Å². The van der Waals surface area contributed by atoms with E-state index in [1.807, 2.05) is 18.2 Å². The lowest BCUT2D eigenvalue weighted by atomic mass is 10.1. The Bertz CT molecular complexity index is 925. The molecule has 0 aromatic heterocycles. The summed E-state index contributed by atoms with van der Waals surface area (Å²) < 4.78 is 25.4. The molecule has 0 saturated heterocycles. The van der Waals surface area contributed by atoms with Gasteiger partial charge < -0.3 is 10.2 Å². The summed E-state index contributed by atoms with van der Waals surface area (Å²) in [6.45, 7) is 0. The highest BCUT2D eigenvalue weighted by Gasteiger charge is 2.21. The third-order valence-electron chi connectivity index (χ3n) is 3.30. The number of rotatable bonds is 2. The van der Waals surface area contributed by atoms with E-state index in [2.05, 4.69) is 0 Å². The zero-order chi connectivity index (χ0) is 15.0. The van der Waals surface area contributed by atoms with E-state index in [1.54, 1.807) is 18.2 Å². The molecule has 0 atom stereocenters. The second kappa shape index (κ2) is 4.79. The number of hydrogen-bond acceptors (Lipinski definition) is 4. The van der Waals surface area contributed by atoms with E-state index in [4.69, 9.17) is 0 Å². The molecule has 106 valence electrons. The monoisotopic (exact) mass is 300 g/mol. The molecule has 0 saturated carbocycles. The smallest absolute Gasteiger partial charge is 0.207 e. The summed E-state index contributed by atoms with van der Waals surface area (Å²) in [5, 5.41) is 20.3. The van der Waals surface area contributed by atoms with Crippen LogP contribution in [0.5, 0.6) is 11.5 Å². The number of phenolic OH excluding ortho intramolecular Hbond substituents is 2. The van der Waals surface area contributed by atoms with Crippen molar-refractivity contribution in [2.24, 2.45) is 0 Å². The summed E-state index contributed by atoms with van der Waals surface area (Å²) in [6, 6.07) is 15.7. The maximum Gasteiger partial charge on any atom is 0.207 e. The fourth-order valence-corrected chi connectivity index (χ4v) is 3.73. The lowest BCUT2D eigenvalue weighted by molar-refractivity contribution is 0.402. The molecule has 0 aliphatic rings. The molecule has 0 aliphatic carbocycles. The van der Waals surface area contributed by atoms with Crippen LogP contribution in [0, 0.1) is 0 Å². The molecule has 2 N–H and O–H groups in total. The fourth-order valence-electron chi connectivity index (χ4n) is 2.23. The summed E-state index contributed by atoms with van der Waals surface area (Å²) in [5.41, 5.74) is 0. The van der Waals surface area contributed by atoms with Gasteiger partial charge in [-0.1, -0.05) is 36.4 Å². The van der Waals surface area contributed by atoms with Crippen LogP contribution >= 0.6 is 0 Å². The maximum atomic E-state index is 12.7. The molecule has 0 amide bonds. The average Bonchev–Trinajstić information content (AvgIpc) is 2.49. The molecule has 0 bridgehead atoms. The van der Waals surface area contributed by atoms with E-state index in [1.165, 1.54) is 12.1 Å². The molecule has 3 aromatic rings. The Morgan fingerprint density at radius 1 is 0.762 bits per heavy atom. The zero-order valence-electron chi connectivity index (χ0n) is 10.9. The molecule has 0 unspecified atom stereocenters. The van der Waals surface area contributed by atoms with Gasteiger partial charge in [0.15, 0.2) is 11.5 Å². The van der Waals surface area contributed by atoms with Crippen molar-refractivity contribution in [3.63, 3.8) is 0 Å². The van der Waals surface area contributed by atoms with Gasteiger partial charge in [-0.05, 0) is 23.6 Å². The van der Waals surface area contributed by atoms with Crippen molar-refractivity contribution in [2.75, 3.05) is 0 Å². The summed E-state index contributed by atoms with van der Waals surface area (Å²) >= 11 is 0. The molecule has 21 heavy (non-hydrogen) atoms. The SMILES string of the molecule is O=S(=O)(c1ccc(O)c(O)c1)c1cccc2ccccc12. The van der Waals surface area contributed by atoms with Gasteiger partial charge in [0.1, 0.15) is 0 Å². The van der Waals surface area contributed by atoms with Gasteiger partial charge in [0.25, 0.3) is 0 Å². The topological polar surface area (TPSA) is 74.6 Å². The molecule has 4 nitrogen and oxygen atoms in total. The van der Waals surface area contributed by atoms with Gasteiger partial charge in [-0.3, -0.25) is 0 Å². The molecular formula is C16H12O4S. The van der Waals surface area contributed by atoms with Crippen LogP contribution < -0.4 is 0 Å². The van der Waals surface area contributed by atoms with E-state index >= 15 is 0 Å². The predicted molar refractivity (Wildman–Crippen MR) is 79.2 cm³/mol. The highest BCUT2D eigenvalue weighted by Crippen LogP contribution is 2.32. The lowest BCUT2D eigenvalue weighted by Crippen LogP contribution is -2.02. The minimum absolute atomic E-state index is 0.0610. The van der Waals surface area contributed by atoms with Crippen LogP contribution in [0.25, 0.3) is 10.8 Å². The molecule has 0 radical (unpaired) electrons. The normalized spacial score (nSPS) is 11.6. The van der Waals surface area contributed by atoms with Crippen molar-refractivity contribution in [1.82, 2.24) is 0 Å². The molecule has 0 spiro atoms. The van der Waals surface area contributed by atoms with Crippen LogP contribution in [0.2, 0.25) is 0 Å². The maximum absolute atomic E-state index is 12.7. The van der Waals surface area contributed by atoms with E-state index < -0.39 is 15.6 Å². The van der Waals surface area contributed by atoms with Gasteiger partial charge in [0.05, 0.1) is 9.79 Å². The molecular weight excluding hydrogens is 288 g/mol. The Morgan fingerprint density at radius 2 is 1.48 bits per heavy atom. The number of sulfone groups is 1. The van der Waals surface area contributed by atoms with Crippen LogP contribution in [0.3, 0.4) is 0 Å². The fraction of sp³-hybridized carbons (Fsp3) is 0. The van der Waals surface area contributed by atoms with E-state index in [9.17, 15) is 18.6 Å². The Kier molecular flexibility index (Phi) is 3.07. The molecule has 0 fully saturated rings. The van der Waals surface area contributed by atoms with E-state index in [0.717, 1.165) is 17.5 Å². The number of aromatic hydroxyl groups is 2. The largest absolute Gasteiger partial charge is 0.504 e. The zero-order valence-corrected chi connectivity index (χ0v) is 11.7. The second-order valence-corrected chi connectivity index (χ2v) is 6.55. The predicted octanol–water partition coefficient (Wildman–Crippen LogP) is 3.08. The summed E-state index contributed by atoms with van der Waals surface area (Å²) in [4.78, 5) is 0.111. The lowest BCUT2D eigenvalue weighted by Gasteiger charge is -2.09. The van der Waals surface area contributed by atoms with Crippen molar-refractivity contribution < 1.29 is 18.6 Å². The number of fused-ring (bicyclic) bond motifs is 1. The number of phenols is 2. The van der Waals surface area contributed by atoms with Crippen molar-refractivity contribution in [3.05, 3.63) is 60.7 Å². The quantitative estimate of drug-likeness (QED) is 0.713. The van der Waals surface area contributed by atoms with Gasteiger partial charge in [0, 0.05) is 11.5 Å². The minimum atomic E-state index is -3.78. The second-order valence-electron chi connectivity index (χ2n) is 4.63. The van der Waals surface area contributed by atoms with Crippen molar-refractivity contribution in [3.8, 4) is 11.5 Å². The first-order chi connectivity index (χ1) is 10.00. The Balaban J connectivity index is 2.27. The van der Waals surface area contributed by atoms with Crippen LogP contribution in [0.1, 0.15) is 0 Å². The van der Waals surface area contributed by atoms with Crippen molar-refractivity contribution >= 4 is 20.6 Å². The first kappa shape index (κ1) is 13.5. The van der Waals surface area contributed by atoms with Crippen molar-refractivity contribution in [2.45, 2.75) is 9.79 Å². The van der Waals surface area contributed by atoms with Gasteiger partial charge in [-0.2, -0.15) is 0 Å². The van der Waals surface area contributed by atoms with E-state index in [-0.39, 0.29) is 15.5 Å². The highest BCUT2D eigenvalue weighted by atomic mass is 32.2. The highest BCUT2D eigenvalue weighted by molar-refractivity contribution is 7.91. The molecule has 0 heterocycles. The Labute approximate surface area is 121 Å². The average molecular weight is 300 g/mol. The van der Waals surface area contributed by atoms with Gasteiger partial charge in [0.2, 0.25) is 9.84 Å². The third kappa shape index (κ3) is 2.21. The Morgan fingerprint density at radius 3 is 2.24 bits per heavy atom. The first-order valence-electron chi connectivity index (χ1n) is 6.25. The van der Waals surface area contributed by atoms with Crippen LogP contribution in [0.4, 0.5) is 0 Å². The molecule has 3 rings (SSSR count). The number of benzene rings is 3. The van der Waals surface area contributed by atoms with Gasteiger partial charge in [-0.25, -0.2) is 8.42 Å². The molecule has 5 heteroatoms. The number of hydrogen-bond donors (Lipinski definition) is 2. The summed E-state index contributed by atoms with van der Waals surface area (Å²) in [5.74, 6) is -0.816. The van der Waals surface area contributed by atoms with Crippen LogP contribution in [0.15, 0.2) is 70.5 Å². The Hall–Kier alpha value is -2.53. The third-order valence-corrected chi connectivity index (χ3v) is 5.11. The first-order valence-corrected chi connectivity index (χ1v) is 7.73. The molecule has 3 aromatic carbocycles. The standard InChI is InChI=1S/C16H12O4S/c17-14-9-8-12(10-15(14)18)21(19,20)16-7-3-5-11-4-1-2-6-13(11)16/h1-10,17-18H. The summed E-state index contributed by atoms with van der Waals surface area (Å²) in [6.07, 6.45) is 0. The van der Waals surface area contributed by atoms with E-state index in [0.29, 0.717) is 5.39 Å². The van der Waals surface area contributed by atoms with Crippen LogP contribution in [-0.4, -0.2) is 18.6 Å². The summed E-state index contributed by atoms with van der Waals surface area (Å²) in [7, 11) is -3.78. The molecule has 0 aliphatic heterocycles. The van der Waals surface area contributed by atoms with Crippen LogP contribution in [-0.2, 0) is 9.84 Å². The van der Waals surface area contributed by atoms with Crippen molar-refractivity contribution in [1.29, 1.82) is 0 Å². The van der Waals surface area contributed by atoms with Gasteiger partial charge in [-0.15, -0.1) is 0 Å².